The number of carbonyl (C=O) groups excluding carboxylic acids is 1. The second kappa shape index (κ2) is 11.8. The smallest absolute Gasteiger partial charge is 0.410 e. The van der Waals surface area contributed by atoms with Crippen LogP contribution in [-0.2, 0) is 4.74 Å². The van der Waals surface area contributed by atoms with Crippen LogP contribution in [0.4, 0.5) is 26.6 Å². The summed E-state index contributed by atoms with van der Waals surface area (Å²) >= 11 is 0. The molecule has 0 radical (unpaired) electrons. The summed E-state index contributed by atoms with van der Waals surface area (Å²) in [5.74, 6) is -0.483. The van der Waals surface area contributed by atoms with Gasteiger partial charge in [0.25, 0.3) is 0 Å². The zero-order valence-corrected chi connectivity index (χ0v) is 24.6. The fourth-order valence-corrected chi connectivity index (χ4v) is 5.26. The van der Waals surface area contributed by atoms with E-state index >= 15 is 0 Å². The number of nitrogens with zero attached hydrogens (tertiary/aromatic N) is 6. The van der Waals surface area contributed by atoms with Gasteiger partial charge < -0.3 is 36.8 Å². The van der Waals surface area contributed by atoms with Gasteiger partial charge in [0.05, 0.1) is 11.7 Å². The Hall–Kier alpha value is -4.81. The minimum absolute atomic E-state index is 0.0180. The van der Waals surface area contributed by atoms with Crippen molar-refractivity contribution in [2.24, 2.45) is 5.73 Å². The van der Waals surface area contributed by atoms with Crippen molar-refractivity contribution in [3.63, 3.8) is 0 Å². The number of hydrogen-bond donors (Lipinski definition) is 4. The SMILES string of the molecule is CC(C)(C)OC(=O)N1CC=C(c2cnc(N3CCC(n4nc(N)c(N)c4/C=C(\N)c4cccc(F)c4O)CC3)nc2)CC1. The van der Waals surface area contributed by atoms with Crippen LogP contribution < -0.4 is 22.1 Å². The minimum Gasteiger partial charge on any atom is -0.504 e. The quantitative estimate of drug-likeness (QED) is 0.339. The second-order valence-corrected chi connectivity index (χ2v) is 11.8. The highest BCUT2D eigenvalue weighted by Crippen LogP contribution is 2.33. The molecule has 0 spiro atoms. The first kappa shape index (κ1) is 29.7. The predicted octanol–water partition coefficient (Wildman–Crippen LogP) is 4.00. The first-order valence-corrected chi connectivity index (χ1v) is 14.2. The third-order valence-electron chi connectivity index (χ3n) is 7.57. The number of rotatable bonds is 5. The molecule has 3 aromatic rings. The fraction of sp³-hybridized carbons (Fsp3) is 0.400. The van der Waals surface area contributed by atoms with Crippen LogP contribution in [-0.4, -0.2) is 67.6 Å². The molecule has 2 aliphatic heterocycles. The fourth-order valence-electron chi connectivity index (χ4n) is 5.26. The molecule has 0 bridgehead atoms. The lowest BCUT2D eigenvalue weighted by atomic mass is 10.0. The molecule has 1 fully saturated rings. The number of ether oxygens (including phenoxy) is 1. The van der Waals surface area contributed by atoms with E-state index in [0.717, 1.165) is 30.0 Å². The highest BCUT2D eigenvalue weighted by molar-refractivity contribution is 5.86. The van der Waals surface area contributed by atoms with Gasteiger partial charge in [0, 0.05) is 55.4 Å². The van der Waals surface area contributed by atoms with Gasteiger partial charge in [0.2, 0.25) is 5.95 Å². The van der Waals surface area contributed by atoms with Gasteiger partial charge in [0.1, 0.15) is 11.3 Å². The average molecular weight is 592 g/mol. The molecule has 1 aromatic carbocycles. The molecule has 0 atom stereocenters. The summed E-state index contributed by atoms with van der Waals surface area (Å²) in [6, 6.07) is 4.13. The van der Waals surface area contributed by atoms with Crippen molar-refractivity contribution in [2.75, 3.05) is 42.5 Å². The van der Waals surface area contributed by atoms with Gasteiger partial charge in [-0.05, 0) is 63.8 Å². The summed E-state index contributed by atoms with van der Waals surface area (Å²) < 4.78 is 21.1. The van der Waals surface area contributed by atoms with Crippen molar-refractivity contribution < 1.29 is 19.0 Å². The maximum Gasteiger partial charge on any atom is 0.410 e. The molecule has 13 heteroatoms. The van der Waals surface area contributed by atoms with Crippen LogP contribution in [0.15, 0.2) is 36.7 Å². The number of aromatic hydroxyl groups is 1. The Bertz CT molecular complexity index is 1550. The third kappa shape index (κ3) is 6.50. The van der Waals surface area contributed by atoms with E-state index in [2.05, 4.69) is 20.0 Å². The van der Waals surface area contributed by atoms with Gasteiger partial charge in [-0.1, -0.05) is 12.1 Å². The molecule has 4 heterocycles. The maximum atomic E-state index is 13.9. The van der Waals surface area contributed by atoms with Crippen LogP contribution in [0.5, 0.6) is 5.75 Å². The number of piperidine rings is 1. The van der Waals surface area contributed by atoms with E-state index < -0.39 is 17.2 Å². The Labute approximate surface area is 249 Å². The van der Waals surface area contributed by atoms with Crippen molar-refractivity contribution >= 4 is 40.9 Å². The maximum absolute atomic E-state index is 13.9. The first-order valence-electron chi connectivity index (χ1n) is 14.2. The number of para-hydroxylation sites is 1. The van der Waals surface area contributed by atoms with Gasteiger partial charge in [-0.3, -0.25) is 4.68 Å². The Morgan fingerprint density at radius 2 is 1.84 bits per heavy atom. The van der Waals surface area contributed by atoms with Gasteiger partial charge >= 0.3 is 6.09 Å². The van der Waals surface area contributed by atoms with Crippen LogP contribution >= 0.6 is 0 Å². The van der Waals surface area contributed by atoms with Crippen LogP contribution in [0.25, 0.3) is 17.3 Å². The molecule has 0 saturated carbocycles. The predicted molar refractivity (Wildman–Crippen MR) is 164 cm³/mol. The van der Waals surface area contributed by atoms with Crippen molar-refractivity contribution in [2.45, 2.75) is 51.7 Å². The van der Waals surface area contributed by atoms with Crippen LogP contribution in [0.2, 0.25) is 0 Å². The van der Waals surface area contributed by atoms with Crippen LogP contribution in [0.3, 0.4) is 0 Å². The highest BCUT2D eigenvalue weighted by atomic mass is 19.1. The lowest BCUT2D eigenvalue weighted by Crippen LogP contribution is -2.39. The number of phenolic OH excluding ortho intramolecular Hbond substituents is 1. The summed E-state index contributed by atoms with van der Waals surface area (Å²) in [5, 5.41) is 14.6. The monoisotopic (exact) mass is 591 g/mol. The number of aromatic nitrogens is 4. The van der Waals surface area contributed by atoms with E-state index in [1.807, 2.05) is 39.2 Å². The zero-order chi connectivity index (χ0) is 30.9. The second-order valence-electron chi connectivity index (χ2n) is 11.8. The number of carbonyl (C=O) groups is 1. The van der Waals surface area contributed by atoms with Crippen LogP contribution in [0.1, 0.15) is 62.9 Å². The summed E-state index contributed by atoms with van der Waals surface area (Å²) in [7, 11) is 0. The molecule has 0 aliphatic carbocycles. The van der Waals surface area contributed by atoms with E-state index in [4.69, 9.17) is 21.9 Å². The molecular formula is C30H38FN9O3. The van der Waals surface area contributed by atoms with Gasteiger partial charge in [-0.2, -0.15) is 5.10 Å². The number of nitrogen functional groups attached to an aromatic ring is 2. The van der Waals surface area contributed by atoms with Crippen molar-refractivity contribution in [3.05, 3.63) is 59.3 Å². The summed E-state index contributed by atoms with van der Waals surface area (Å²) in [5.41, 5.74) is 21.1. The number of amides is 1. The number of benzene rings is 1. The molecule has 2 aliphatic rings. The number of halogens is 1. The van der Waals surface area contributed by atoms with Crippen molar-refractivity contribution in [3.8, 4) is 5.75 Å². The standard InChI is InChI=1S/C30H38FN9O3/c1-30(2,3)43-29(42)39-11-7-18(8-12-39)19-16-35-28(36-17-19)38-13-9-20(10-14-38)40-24(25(33)27(34)37-40)15-23(32)21-5-4-6-22(31)26(21)41/h4-7,15-17,20,41H,8-14,32-33H2,1-3H3,(H2,34,37)/b23-15-. The number of anilines is 3. The number of hydrogen-bond acceptors (Lipinski definition) is 10. The number of nitrogens with two attached hydrogens (primary N) is 3. The topological polar surface area (TPSA) is 175 Å². The first-order chi connectivity index (χ1) is 20.4. The minimum atomic E-state index is -0.766. The molecule has 1 amide bonds. The molecule has 5 rings (SSSR count). The molecule has 43 heavy (non-hydrogen) atoms. The van der Waals surface area contributed by atoms with Gasteiger partial charge in [-0.15, -0.1) is 0 Å². The summed E-state index contributed by atoms with van der Waals surface area (Å²) in [6.07, 6.45) is 9.07. The molecule has 12 nitrogen and oxygen atoms in total. The molecule has 228 valence electrons. The summed E-state index contributed by atoms with van der Waals surface area (Å²) in [6.45, 7) is 7.99. The van der Waals surface area contributed by atoms with E-state index in [1.54, 1.807) is 15.7 Å². The highest BCUT2D eigenvalue weighted by Gasteiger charge is 2.27. The molecular weight excluding hydrogens is 553 g/mol. The summed E-state index contributed by atoms with van der Waals surface area (Å²) in [4.78, 5) is 25.4. The van der Waals surface area contributed by atoms with E-state index in [0.29, 0.717) is 44.2 Å². The third-order valence-corrected chi connectivity index (χ3v) is 7.57. The van der Waals surface area contributed by atoms with E-state index in [-0.39, 0.29) is 34.9 Å². The Balaban J connectivity index is 1.23. The lowest BCUT2D eigenvalue weighted by molar-refractivity contribution is 0.0270. The molecule has 7 N–H and O–H groups in total. The van der Waals surface area contributed by atoms with Gasteiger partial charge in [0.15, 0.2) is 17.4 Å². The van der Waals surface area contributed by atoms with Crippen molar-refractivity contribution in [1.82, 2.24) is 24.6 Å². The molecule has 2 aromatic heterocycles. The normalized spacial score (nSPS) is 16.7. The Morgan fingerprint density at radius 1 is 1.14 bits per heavy atom. The molecule has 0 unspecified atom stereocenters. The van der Waals surface area contributed by atoms with E-state index in [9.17, 15) is 14.3 Å². The Morgan fingerprint density at radius 3 is 2.47 bits per heavy atom. The zero-order valence-electron chi connectivity index (χ0n) is 24.6. The van der Waals surface area contributed by atoms with Gasteiger partial charge in [-0.25, -0.2) is 19.2 Å². The van der Waals surface area contributed by atoms with Crippen molar-refractivity contribution in [1.29, 1.82) is 0 Å². The van der Waals surface area contributed by atoms with E-state index in [1.165, 1.54) is 12.1 Å². The lowest BCUT2D eigenvalue weighted by Gasteiger charge is -2.32. The largest absolute Gasteiger partial charge is 0.504 e. The Kier molecular flexibility index (Phi) is 8.16. The molecule has 1 saturated heterocycles. The number of phenols is 1. The average Bonchev–Trinajstić information content (AvgIpc) is 3.26. The van der Waals surface area contributed by atoms with Crippen LogP contribution in [0, 0.1) is 5.82 Å².